The molecule has 0 spiro atoms. The first-order valence-electron chi connectivity index (χ1n) is 5.52. The molecule has 0 saturated carbocycles. The minimum Gasteiger partial charge on any atom is -0.330 e. The number of benzene rings is 1. The Kier molecular flexibility index (Phi) is 4.10. The molecule has 1 aromatic carbocycles. The fourth-order valence-corrected chi connectivity index (χ4v) is 1.79. The minimum absolute atomic E-state index is 0.722. The highest BCUT2D eigenvalue weighted by Crippen LogP contribution is 2.22. The van der Waals surface area contributed by atoms with Gasteiger partial charge in [-0.3, -0.25) is 0 Å². The predicted octanol–water partition coefficient (Wildman–Crippen LogP) is 3.28. The number of rotatable bonds is 3. The van der Waals surface area contributed by atoms with Gasteiger partial charge in [-0.2, -0.15) is 0 Å². The summed E-state index contributed by atoms with van der Waals surface area (Å²) in [5, 5.41) is 0. The highest BCUT2D eigenvalue weighted by Gasteiger charge is 2.04. The predicted molar refractivity (Wildman–Crippen MR) is 68.1 cm³/mol. The van der Waals surface area contributed by atoms with E-state index < -0.39 is 0 Å². The molecule has 1 rings (SSSR count). The standard InChI is InChI=1S/C14H21N/c1-10-9-11(2)13(4)14(12(10)3)7-5-6-8-15/h5,7,9H,6,8,15H2,1-4H3/b7-5+. The molecule has 82 valence electrons. The molecule has 0 aliphatic heterocycles. The average molecular weight is 203 g/mol. The van der Waals surface area contributed by atoms with Gasteiger partial charge in [0.15, 0.2) is 0 Å². The van der Waals surface area contributed by atoms with Crippen molar-refractivity contribution in [3.05, 3.63) is 40.0 Å². The maximum Gasteiger partial charge on any atom is -0.00425 e. The number of nitrogens with two attached hydrogens (primary N) is 1. The lowest BCUT2D eigenvalue weighted by Crippen LogP contribution is -1.96. The van der Waals surface area contributed by atoms with E-state index in [1.165, 1.54) is 27.8 Å². The van der Waals surface area contributed by atoms with Gasteiger partial charge < -0.3 is 5.73 Å². The van der Waals surface area contributed by atoms with Crippen molar-refractivity contribution in [2.24, 2.45) is 5.73 Å². The summed E-state index contributed by atoms with van der Waals surface area (Å²) in [5.41, 5.74) is 12.3. The molecule has 1 nitrogen and oxygen atoms in total. The lowest BCUT2D eigenvalue weighted by atomic mass is 9.94. The molecule has 0 aliphatic carbocycles. The lowest BCUT2D eigenvalue weighted by Gasteiger charge is -2.12. The van der Waals surface area contributed by atoms with Crippen LogP contribution in [-0.4, -0.2) is 6.54 Å². The number of hydrogen-bond acceptors (Lipinski definition) is 1. The second kappa shape index (κ2) is 5.13. The van der Waals surface area contributed by atoms with Crippen LogP contribution >= 0.6 is 0 Å². The van der Waals surface area contributed by atoms with Gasteiger partial charge in [0.05, 0.1) is 0 Å². The first kappa shape index (κ1) is 12.0. The fourth-order valence-electron chi connectivity index (χ4n) is 1.79. The van der Waals surface area contributed by atoms with Crippen molar-refractivity contribution in [2.45, 2.75) is 34.1 Å². The van der Waals surface area contributed by atoms with E-state index in [2.05, 4.69) is 45.9 Å². The van der Waals surface area contributed by atoms with Crippen molar-refractivity contribution in [1.29, 1.82) is 0 Å². The minimum atomic E-state index is 0.722. The Bertz CT molecular complexity index is 349. The van der Waals surface area contributed by atoms with Gasteiger partial charge in [0.2, 0.25) is 0 Å². The summed E-state index contributed by atoms with van der Waals surface area (Å²) in [7, 11) is 0. The van der Waals surface area contributed by atoms with Crippen molar-refractivity contribution in [3.63, 3.8) is 0 Å². The van der Waals surface area contributed by atoms with Crippen LogP contribution in [-0.2, 0) is 0 Å². The molecule has 0 aliphatic rings. The Morgan fingerprint density at radius 1 is 1.07 bits per heavy atom. The van der Waals surface area contributed by atoms with Crippen LogP contribution in [0.2, 0.25) is 0 Å². The molecule has 0 atom stereocenters. The topological polar surface area (TPSA) is 26.0 Å². The molecule has 0 saturated heterocycles. The molecule has 15 heavy (non-hydrogen) atoms. The molecule has 0 aromatic heterocycles. The molecular weight excluding hydrogens is 182 g/mol. The van der Waals surface area contributed by atoms with Crippen molar-refractivity contribution in [3.8, 4) is 0 Å². The zero-order valence-corrected chi connectivity index (χ0v) is 10.2. The van der Waals surface area contributed by atoms with Gasteiger partial charge >= 0.3 is 0 Å². The van der Waals surface area contributed by atoms with E-state index in [0.29, 0.717) is 0 Å². The summed E-state index contributed by atoms with van der Waals surface area (Å²) >= 11 is 0. The van der Waals surface area contributed by atoms with Crippen molar-refractivity contribution in [2.75, 3.05) is 6.54 Å². The van der Waals surface area contributed by atoms with Crippen molar-refractivity contribution in [1.82, 2.24) is 0 Å². The Hall–Kier alpha value is -1.08. The van der Waals surface area contributed by atoms with Crippen LogP contribution in [0, 0.1) is 27.7 Å². The van der Waals surface area contributed by atoms with Crippen LogP contribution in [0.15, 0.2) is 12.1 Å². The van der Waals surface area contributed by atoms with E-state index in [1.54, 1.807) is 0 Å². The van der Waals surface area contributed by atoms with Gasteiger partial charge in [0.25, 0.3) is 0 Å². The molecule has 0 fully saturated rings. The highest BCUT2D eigenvalue weighted by molar-refractivity contribution is 5.61. The smallest absolute Gasteiger partial charge is 0.00425 e. The number of aryl methyl sites for hydroxylation is 2. The van der Waals surface area contributed by atoms with Gasteiger partial charge in [-0.25, -0.2) is 0 Å². The molecule has 1 heteroatoms. The van der Waals surface area contributed by atoms with E-state index in [-0.39, 0.29) is 0 Å². The summed E-state index contributed by atoms with van der Waals surface area (Å²) in [4.78, 5) is 0. The Balaban J connectivity index is 3.15. The van der Waals surface area contributed by atoms with Crippen LogP contribution in [0.1, 0.15) is 34.2 Å². The maximum absolute atomic E-state index is 5.48. The van der Waals surface area contributed by atoms with Crippen molar-refractivity contribution >= 4 is 6.08 Å². The zero-order valence-electron chi connectivity index (χ0n) is 10.2. The molecule has 0 unspecified atom stereocenters. The molecule has 0 radical (unpaired) electrons. The van der Waals surface area contributed by atoms with Crippen LogP contribution in [0.5, 0.6) is 0 Å². The molecule has 0 bridgehead atoms. The average Bonchev–Trinajstić information content (AvgIpc) is 2.20. The van der Waals surface area contributed by atoms with Crippen LogP contribution in [0.4, 0.5) is 0 Å². The van der Waals surface area contributed by atoms with Gasteiger partial charge in [-0.1, -0.05) is 18.2 Å². The third-order valence-corrected chi connectivity index (χ3v) is 3.04. The number of hydrogen-bond donors (Lipinski definition) is 1. The highest BCUT2D eigenvalue weighted by atomic mass is 14.5. The largest absolute Gasteiger partial charge is 0.330 e. The second-order valence-corrected chi connectivity index (χ2v) is 4.15. The van der Waals surface area contributed by atoms with Gasteiger partial charge in [0.1, 0.15) is 0 Å². The molecule has 1 aromatic rings. The Labute approximate surface area is 93.0 Å². The summed E-state index contributed by atoms with van der Waals surface area (Å²) < 4.78 is 0. The van der Waals surface area contributed by atoms with E-state index >= 15 is 0 Å². The van der Waals surface area contributed by atoms with Gasteiger partial charge in [-0.05, 0) is 68.5 Å². The first-order chi connectivity index (χ1) is 7.07. The Morgan fingerprint density at radius 2 is 1.60 bits per heavy atom. The van der Waals surface area contributed by atoms with Crippen LogP contribution < -0.4 is 5.73 Å². The second-order valence-electron chi connectivity index (χ2n) is 4.15. The fraction of sp³-hybridized carbons (Fsp3) is 0.429. The van der Waals surface area contributed by atoms with E-state index in [1.807, 2.05) is 0 Å². The molecule has 2 N–H and O–H groups in total. The van der Waals surface area contributed by atoms with E-state index in [9.17, 15) is 0 Å². The molecular formula is C14H21N. The summed E-state index contributed by atoms with van der Waals surface area (Å²) in [6, 6.07) is 2.25. The third kappa shape index (κ3) is 2.69. The maximum atomic E-state index is 5.48. The first-order valence-corrected chi connectivity index (χ1v) is 5.52. The molecule has 0 amide bonds. The normalized spacial score (nSPS) is 11.3. The van der Waals surface area contributed by atoms with Crippen LogP contribution in [0.25, 0.3) is 6.08 Å². The summed E-state index contributed by atoms with van der Waals surface area (Å²) in [6.07, 6.45) is 5.32. The quantitative estimate of drug-likeness (QED) is 0.801. The Morgan fingerprint density at radius 3 is 2.07 bits per heavy atom. The van der Waals surface area contributed by atoms with Crippen molar-refractivity contribution < 1.29 is 0 Å². The lowest BCUT2D eigenvalue weighted by molar-refractivity contribution is 1.01. The zero-order chi connectivity index (χ0) is 11.4. The summed E-state index contributed by atoms with van der Waals surface area (Å²) in [5.74, 6) is 0. The monoisotopic (exact) mass is 203 g/mol. The summed E-state index contributed by atoms with van der Waals surface area (Å²) in [6.45, 7) is 9.43. The van der Waals surface area contributed by atoms with E-state index in [0.717, 1.165) is 13.0 Å². The third-order valence-electron chi connectivity index (χ3n) is 3.04. The van der Waals surface area contributed by atoms with E-state index in [4.69, 9.17) is 5.73 Å². The molecule has 0 heterocycles. The van der Waals surface area contributed by atoms with Gasteiger partial charge in [-0.15, -0.1) is 0 Å². The SMILES string of the molecule is Cc1cc(C)c(C)c(/C=C/CCN)c1C. The van der Waals surface area contributed by atoms with Gasteiger partial charge in [0, 0.05) is 0 Å². The van der Waals surface area contributed by atoms with Crippen LogP contribution in [0.3, 0.4) is 0 Å².